The van der Waals surface area contributed by atoms with Crippen molar-refractivity contribution in [1.29, 1.82) is 0 Å². The summed E-state index contributed by atoms with van der Waals surface area (Å²) in [6, 6.07) is 15.5. The second-order valence-electron chi connectivity index (χ2n) is 5.52. The maximum absolute atomic E-state index is 5.83. The maximum atomic E-state index is 5.83. The Balaban J connectivity index is 1.83. The number of hydrogen-bond acceptors (Lipinski definition) is 3. The molecule has 106 valence electrons. The van der Waals surface area contributed by atoms with Crippen LogP contribution < -0.4 is 11.3 Å². The minimum Gasteiger partial charge on any atom is -0.271 e. The van der Waals surface area contributed by atoms with Crippen molar-refractivity contribution in [3.05, 3.63) is 48.0 Å². The molecule has 2 nitrogen and oxygen atoms in total. The van der Waals surface area contributed by atoms with E-state index in [-0.39, 0.29) is 0 Å². The minimum absolute atomic E-state index is 0.367. The molecule has 2 atom stereocenters. The summed E-state index contributed by atoms with van der Waals surface area (Å²) in [5.41, 5.74) is 4.46. The second kappa shape index (κ2) is 6.61. The first-order chi connectivity index (χ1) is 9.88. The highest BCUT2D eigenvalue weighted by atomic mass is 32.2. The molecule has 20 heavy (non-hydrogen) atoms. The molecule has 2 unspecified atom stereocenters. The van der Waals surface area contributed by atoms with E-state index >= 15 is 0 Å². The van der Waals surface area contributed by atoms with Gasteiger partial charge in [0, 0.05) is 11.3 Å². The van der Waals surface area contributed by atoms with E-state index in [0.29, 0.717) is 11.3 Å². The Hall–Kier alpha value is -1.03. The highest BCUT2D eigenvalue weighted by Crippen LogP contribution is 2.30. The van der Waals surface area contributed by atoms with Gasteiger partial charge < -0.3 is 0 Å². The third-order valence-electron chi connectivity index (χ3n) is 4.20. The molecular formula is C17H22N2S. The van der Waals surface area contributed by atoms with Crippen LogP contribution in [0.4, 0.5) is 0 Å². The van der Waals surface area contributed by atoms with Gasteiger partial charge in [0.1, 0.15) is 0 Å². The molecule has 1 heterocycles. The minimum atomic E-state index is 0.367. The lowest BCUT2D eigenvalue weighted by Gasteiger charge is -2.29. The van der Waals surface area contributed by atoms with E-state index in [1.54, 1.807) is 0 Å². The molecule has 1 aliphatic rings. The zero-order chi connectivity index (χ0) is 13.8. The Morgan fingerprint density at radius 3 is 2.80 bits per heavy atom. The van der Waals surface area contributed by atoms with Gasteiger partial charge >= 0.3 is 0 Å². The molecule has 3 heteroatoms. The molecule has 2 aromatic carbocycles. The maximum Gasteiger partial charge on any atom is 0.0369 e. The van der Waals surface area contributed by atoms with Crippen LogP contribution in [0, 0.1) is 0 Å². The molecule has 0 aliphatic carbocycles. The van der Waals surface area contributed by atoms with E-state index in [9.17, 15) is 0 Å². The number of benzene rings is 2. The van der Waals surface area contributed by atoms with Crippen molar-refractivity contribution >= 4 is 22.5 Å². The average molecular weight is 286 g/mol. The van der Waals surface area contributed by atoms with Crippen molar-refractivity contribution in [3.63, 3.8) is 0 Å². The van der Waals surface area contributed by atoms with Crippen LogP contribution in [0.15, 0.2) is 42.5 Å². The molecule has 0 saturated carbocycles. The summed E-state index contributed by atoms with van der Waals surface area (Å²) in [5, 5.41) is 3.32. The molecule has 3 rings (SSSR count). The summed E-state index contributed by atoms with van der Waals surface area (Å²) in [6.07, 6.45) is 4.98. The van der Waals surface area contributed by atoms with Gasteiger partial charge in [0.25, 0.3) is 0 Å². The first kappa shape index (κ1) is 13.9. The van der Waals surface area contributed by atoms with Crippen LogP contribution in [0.5, 0.6) is 0 Å². The smallest absolute Gasteiger partial charge is 0.0369 e. The van der Waals surface area contributed by atoms with E-state index in [0.717, 1.165) is 6.42 Å². The molecule has 0 amide bonds. The summed E-state index contributed by atoms with van der Waals surface area (Å²) in [6.45, 7) is 0. The number of thioether (sulfide) groups is 1. The summed E-state index contributed by atoms with van der Waals surface area (Å²) in [7, 11) is 0. The Kier molecular flexibility index (Phi) is 4.61. The average Bonchev–Trinajstić information content (AvgIpc) is 2.53. The third kappa shape index (κ3) is 3.00. The second-order valence-corrected chi connectivity index (χ2v) is 6.87. The topological polar surface area (TPSA) is 38.0 Å². The van der Waals surface area contributed by atoms with Gasteiger partial charge in [-0.25, -0.2) is 0 Å². The largest absolute Gasteiger partial charge is 0.271 e. The van der Waals surface area contributed by atoms with Gasteiger partial charge in [-0.05, 0) is 41.4 Å². The highest BCUT2D eigenvalue weighted by molar-refractivity contribution is 8.00. The van der Waals surface area contributed by atoms with Gasteiger partial charge in [0.15, 0.2) is 0 Å². The van der Waals surface area contributed by atoms with Crippen LogP contribution in [-0.4, -0.2) is 17.0 Å². The molecule has 0 radical (unpaired) electrons. The SMILES string of the molecule is NNC(Cc1cccc2ccccc12)C1CCCCS1. The first-order valence-electron chi connectivity index (χ1n) is 7.43. The van der Waals surface area contributed by atoms with Crippen LogP contribution in [0.3, 0.4) is 0 Å². The van der Waals surface area contributed by atoms with Gasteiger partial charge in [-0.3, -0.25) is 11.3 Å². The number of hydrazine groups is 1. The fourth-order valence-electron chi connectivity index (χ4n) is 3.09. The van der Waals surface area contributed by atoms with Crippen molar-refractivity contribution in [2.24, 2.45) is 5.84 Å². The highest BCUT2D eigenvalue weighted by Gasteiger charge is 2.23. The van der Waals surface area contributed by atoms with Crippen molar-refractivity contribution in [2.75, 3.05) is 5.75 Å². The fraction of sp³-hybridized carbons (Fsp3) is 0.412. The van der Waals surface area contributed by atoms with Crippen LogP contribution in [-0.2, 0) is 6.42 Å². The lowest BCUT2D eigenvalue weighted by atomic mass is 9.96. The summed E-state index contributed by atoms with van der Waals surface area (Å²) in [4.78, 5) is 0. The summed E-state index contributed by atoms with van der Waals surface area (Å²) >= 11 is 2.08. The lowest BCUT2D eigenvalue weighted by Crippen LogP contribution is -2.45. The monoisotopic (exact) mass is 286 g/mol. The van der Waals surface area contributed by atoms with E-state index in [2.05, 4.69) is 59.7 Å². The van der Waals surface area contributed by atoms with E-state index < -0.39 is 0 Å². The fourth-order valence-corrected chi connectivity index (χ4v) is 4.50. The van der Waals surface area contributed by atoms with Crippen LogP contribution in [0.1, 0.15) is 24.8 Å². The Morgan fingerprint density at radius 2 is 2.00 bits per heavy atom. The van der Waals surface area contributed by atoms with Gasteiger partial charge in [-0.2, -0.15) is 11.8 Å². The quantitative estimate of drug-likeness (QED) is 0.667. The molecule has 3 N–H and O–H groups in total. The van der Waals surface area contributed by atoms with Gasteiger partial charge in [-0.1, -0.05) is 48.9 Å². The zero-order valence-corrected chi connectivity index (χ0v) is 12.5. The van der Waals surface area contributed by atoms with E-state index in [1.807, 2.05) is 0 Å². The molecule has 1 aliphatic heterocycles. The number of nitrogens with two attached hydrogens (primary N) is 1. The van der Waals surface area contributed by atoms with E-state index in [1.165, 1.54) is 41.4 Å². The standard InChI is InChI=1S/C17H22N2S/c18-19-16(17-10-3-4-11-20-17)12-14-8-5-7-13-6-1-2-9-15(13)14/h1-2,5-9,16-17,19H,3-4,10-12,18H2. The number of hydrogen-bond donors (Lipinski definition) is 2. The number of fused-ring (bicyclic) bond motifs is 1. The zero-order valence-electron chi connectivity index (χ0n) is 11.7. The van der Waals surface area contributed by atoms with Crippen molar-refractivity contribution in [3.8, 4) is 0 Å². The van der Waals surface area contributed by atoms with Crippen molar-refractivity contribution in [1.82, 2.24) is 5.43 Å². The van der Waals surface area contributed by atoms with Crippen LogP contribution in [0.25, 0.3) is 10.8 Å². The molecule has 2 aromatic rings. The summed E-state index contributed by atoms with van der Waals surface area (Å²) < 4.78 is 0. The number of nitrogens with one attached hydrogen (secondary N) is 1. The van der Waals surface area contributed by atoms with Gasteiger partial charge in [-0.15, -0.1) is 0 Å². The van der Waals surface area contributed by atoms with Crippen LogP contribution >= 0.6 is 11.8 Å². The Labute approximate surface area is 125 Å². The lowest BCUT2D eigenvalue weighted by molar-refractivity contribution is 0.473. The molecule has 1 fully saturated rings. The normalized spacial score (nSPS) is 20.9. The molecule has 1 saturated heterocycles. The summed E-state index contributed by atoms with van der Waals surface area (Å²) in [5.74, 6) is 7.11. The molecule has 0 bridgehead atoms. The Bertz CT molecular complexity index is 558. The predicted molar refractivity (Wildman–Crippen MR) is 88.9 cm³/mol. The third-order valence-corrected chi connectivity index (χ3v) is 5.71. The van der Waals surface area contributed by atoms with Crippen molar-refractivity contribution in [2.45, 2.75) is 37.0 Å². The molecule has 0 spiro atoms. The number of rotatable bonds is 4. The van der Waals surface area contributed by atoms with Crippen molar-refractivity contribution < 1.29 is 0 Å². The molecule has 0 aromatic heterocycles. The first-order valence-corrected chi connectivity index (χ1v) is 8.48. The Morgan fingerprint density at radius 1 is 1.15 bits per heavy atom. The van der Waals surface area contributed by atoms with Gasteiger partial charge in [0.2, 0.25) is 0 Å². The van der Waals surface area contributed by atoms with Crippen LogP contribution in [0.2, 0.25) is 0 Å². The van der Waals surface area contributed by atoms with Gasteiger partial charge in [0.05, 0.1) is 0 Å². The van der Waals surface area contributed by atoms with E-state index in [4.69, 9.17) is 5.84 Å². The predicted octanol–water partition coefficient (Wildman–Crippen LogP) is 3.50. The molecular weight excluding hydrogens is 264 g/mol.